The van der Waals surface area contributed by atoms with Crippen LogP contribution < -0.4 is 11.1 Å². The highest BCUT2D eigenvalue weighted by atomic mass is 16.2. The van der Waals surface area contributed by atoms with Crippen molar-refractivity contribution in [3.63, 3.8) is 0 Å². The van der Waals surface area contributed by atoms with Crippen LogP contribution in [-0.2, 0) is 16.0 Å². The second-order valence-electron chi connectivity index (χ2n) is 7.96. The highest BCUT2D eigenvalue weighted by molar-refractivity contribution is 5.98. The van der Waals surface area contributed by atoms with Crippen LogP contribution in [0, 0.1) is 0 Å². The number of primary amides is 1. The van der Waals surface area contributed by atoms with Gasteiger partial charge in [-0.1, -0.05) is 91.0 Å². The number of carbonyl (C=O) groups is 2. The van der Waals surface area contributed by atoms with Crippen LogP contribution in [0.5, 0.6) is 0 Å². The highest BCUT2D eigenvalue weighted by Gasteiger charge is 2.34. The number of nitrogens with one attached hydrogen (secondary N) is 1. The molecule has 0 heterocycles. The Balaban J connectivity index is 1.43. The van der Waals surface area contributed by atoms with E-state index in [0.717, 1.165) is 38.6 Å². The van der Waals surface area contributed by atoms with Crippen LogP contribution >= 0.6 is 0 Å². The zero-order valence-corrected chi connectivity index (χ0v) is 16.9. The van der Waals surface area contributed by atoms with Gasteiger partial charge in [0.05, 0.1) is 5.92 Å². The van der Waals surface area contributed by atoms with Gasteiger partial charge in [-0.3, -0.25) is 9.59 Å². The van der Waals surface area contributed by atoms with E-state index in [1.165, 1.54) is 0 Å². The van der Waals surface area contributed by atoms with Gasteiger partial charge in [0.1, 0.15) is 6.04 Å². The molecule has 4 aromatic carbocycles. The SMILES string of the molecule is NC(=O)[C@@H](Cc1ccc2ccccc2c1)NC(=O)C1c2ccccc2-c2ccccc21. The molecule has 0 aliphatic heterocycles. The van der Waals surface area contributed by atoms with E-state index in [1.54, 1.807) is 0 Å². The fraction of sp³-hybridized carbons (Fsp3) is 0.111. The fourth-order valence-corrected chi connectivity index (χ4v) is 4.52. The van der Waals surface area contributed by atoms with Gasteiger partial charge in [0.2, 0.25) is 11.8 Å². The molecule has 152 valence electrons. The third-order valence-electron chi connectivity index (χ3n) is 6.01. The summed E-state index contributed by atoms with van der Waals surface area (Å²) < 4.78 is 0. The minimum Gasteiger partial charge on any atom is -0.368 e. The Morgan fingerprint density at radius 2 is 1.35 bits per heavy atom. The lowest BCUT2D eigenvalue weighted by Gasteiger charge is -2.20. The monoisotopic (exact) mass is 406 g/mol. The molecule has 2 amide bonds. The molecule has 5 rings (SSSR count). The van der Waals surface area contributed by atoms with Gasteiger partial charge in [0, 0.05) is 6.42 Å². The van der Waals surface area contributed by atoms with Crippen LogP contribution in [0.2, 0.25) is 0 Å². The summed E-state index contributed by atoms with van der Waals surface area (Å²) >= 11 is 0. The van der Waals surface area contributed by atoms with E-state index in [9.17, 15) is 9.59 Å². The number of benzene rings is 4. The molecular weight excluding hydrogens is 384 g/mol. The molecule has 4 heteroatoms. The molecule has 0 radical (unpaired) electrons. The van der Waals surface area contributed by atoms with Gasteiger partial charge >= 0.3 is 0 Å². The van der Waals surface area contributed by atoms with E-state index in [1.807, 2.05) is 91.0 Å². The first-order valence-electron chi connectivity index (χ1n) is 10.4. The Hall–Kier alpha value is -3.92. The van der Waals surface area contributed by atoms with Crippen LogP contribution in [0.3, 0.4) is 0 Å². The molecule has 31 heavy (non-hydrogen) atoms. The lowest BCUT2D eigenvalue weighted by Crippen LogP contribution is -2.47. The minimum absolute atomic E-state index is 0.206. The molecule has 0 saturated heterocycles. The molecule has 0 fully saturated rings. The lowest BCUT2D eigenvalue weighted by atomic mass is 9.95. The number of hydrogen-bond acceptors (Lipinski definition) is 2. The Kier molecular flexibility index (Phi) is 4.75. The maximum Gasteiger partial charge on any atom is 0.240 e. The third kappa shape index (κ3) is 3.46. The second kappa shape index (κ2) is 7.73. The van der Waals surface area contributed by atoms with Crippen molar-refractivity contribution in [1.82, 2.24) is 5.32 Å². The average Bonchev–Trinajstić information content (AvgIpc) is 3.13. The maximum atomic E-state index is 13.4. The topological polar surface area (TPSA) is 72.2 Å². The lowest BCUT2D eigenvalue weighted by molar-refractivity contribution is -0.127. The average molecular weight is 406 g/mol. The predicted octanol–water partition coefficient (Wildman–Crippen LogP) is 4.16. The van der Waals surface area contributed by atoms with Crippen molar-refractivity contribution in [1.29, 1.82) is 0 Å². The van der Waals surface area contributed by atoms with Crippen LogP contribution in [0.15, 0.2) is 91.0 Å². The van der Waals surface area contributed by atoms with E-state index < -0.39 is 17.9 Å². The fourth-order valence-electron chi connectivity index (χ4n) is 4.52. The second-order valence-corrected chi connectivity index (χ2v) is 7.96. The van der Waals surface area contributed by atoms with E-state index in [-0.39, 0.29) is 5.91 Å². The Morgan fingerprint density at radius 1 is 0.774 bits per heavy atom. The van der Waals surface area contributed by atoms with Crippen molar-refractivity contribution in [3.8, 4) is 11.1 Å². The van der Waals surface area contributed by atoms with Gasteiger partial charge in [0.15, 0.2) is 0 Å². The predicted molar refractivity (Wildman–Crippen MR) is 122 cm³/mol. The molecule has 0 spiro atoms. The minimum atomic E-state index is -0.784. The van der Waals surface area contributed by atoms with Gasteiger partial charge in [-0.2, -0.15) is 0 Å². The molecule has 3 N–H and O–H groups in total. The van der Waals surface area contributed by atoms with Gasteiger partial charge in [0.25, 0.3) is 0 Å². The number of carbonyl (C=O) groups excluding carboxylic acids is 2. The molecule has 4 aromatic rings. The summed E-state index contributed by atoms with van der Waals surface area (Å²) in [6.07, 6.45) is 0.349. The number of rotatable bonds is 5. The van der Waals surface area contributed by atoms with Crippen LogP contribution in [0.25, 0.3) is 21.9 Å². The standard InChI is InChI=1S/C27H22N2O2/c28-26(30)24(16-17-13-14-18-7-1-2-8-19(18)15-17)29-27(31)25-22-11-5-3-9-20(22)21-10-4-6-12-23(21)25/h1-15,24-25H,16H2,(H2,28,30)(H,29,31)/t24-/m1/s1. The summed E-state index contributed by atoms with van der Waals surface area (Å²) in [7, 11) is 0. The van der Waals surface area contributed by atoms with Crippen molar-refractivity contribution in [2.45, 2.75) is 18.4 Å². The first-order valence-corrected chi connectivity index (χ1v) is 10.4. The molecule has 0 saturated carbocycles. The summed E-state index contributed by atoms with van der Waals surface area (Å²) in [4.78, 5) is 25.6. The summed E-state index contributed by atoms with van der Waals surface area (Å²) in [6, 6.07) is 29.1. The van der Waals surface area contributed by atoms with Crippen LogP contribution in [-0.4, -0.2) is 17.9 Å². The number of hydrogen-bond donors (Lipinski definition) is 2. The smallest absolute Gasteiger partial charge is 0.240 e. The van der Waals surface area contributed by atoms with Crippen molar-refractivity contribution in [2.24, 2.45) is 5.73 Å². The van der Waals surface area contributed by atoms with Gasteiger partial charge in [-0.25, -0.2) is 0 Å². The summed E-state index contributed by atoms with van der Waals surface area (Å²) in [5, 5.41) is 5.14. The molecule has 1 atom stereocenters. The zero-order chi connectivity index (χ0) is 21.4. The zero-order valence-electron chi connectivity index (χ0n) is 16.9. The molecule has 1 aliphatic carbocycles. The quantitative estimate of drug-likeness (QED) is 0.522. The summed E-state index contributed by atoms with van der Waals surface area (Å²) in [5.41, 5.74) is 10.7. The summed E-state index contributed by atoms with van der Waals surface area (Å²) in [5.74, 6) is -1.20. The van der Waals surface area contributed by atoms with E-state index in [4.69, 9.17) is 5.73 Å². The Morgan fingerprint density at radius 3 is 2.00 bits per heavy atom. The summed E-state index contributed by atoms with van der Waals surface area (Å²) in [6.45, 7) is 0. The van der Waals surface area contributed by atoms with Crippen LogP contribution in [0.4, 0.5) is 0 Å². The molecular formula is C27H22N2O2. The normalized spacial score (nSPS) is 13.4. The maximum absolute atomic E-state index is 13.4. The molecule has 0 bridgehead atoms. The van der Waals surface area contributed by atoms with E-state index >= 15 is 0 Å². The first-order chi connectivity index (χ1) is 15.1. The highest BCUT2D eigenvalue weighted by Crippen LogP contribution is 2.44. The van der Waals surface area contributed by atoms with E-state index in [2.05, 4.69) is 5.32 Å². The number of fused-ring (bicyclic) bond motifs is 4. The molecule has 0 aromatic heterocycles. The van der Waals surface area contributed by atoms with Crippen LogP contribution in [0.1, 0.15) is 22.6 Å². The van der Waals surface area contributed by atoms with Crippen molar-refractivity contribution in [2.75, 3.05) is 0 Å². The van der Waals surface area contributed by atoms with Gasteiger partial charge in [-0.05, 0) is 38.6 Å². The van der Waals surface area contributed by atoms with Crippen molar-refractivity contribution >= 4 is 22.6 Å². The Bertz CT molecular complexity index is 1270. The largest absolute Gasteiger partial charge is 0.368 e. The van der Waals surface area contributed by atoms with Crippen molar-refractivity contribution < 1.29 is 9.59 Å². The van der Waals surface area contributed by atoms with Gasteiger partial charge < -0.3 is 11.1 Å². The molecule has 0 unspecified atom stereocenters. The van der Waals surface area contributed by atoms with E-state index in [0.29, 0.717) is 6.42 Å². The molecule has 1 aliphatic rings. The third-order valence-corrected chi connectivity index (χ3v) is 6.01. The van der Waals surface area contributed by atoms with Crippen molar-refractivity contribution in [3.05, 3.63) is 108 Å². The van der Waals surface area contributed by atoms with Gasteiger partial charge in [-0.15, -0.1) is 0 Å². The number of nitrogens with two attached hydrogens (primary N) is 1. The molecule has 4 nitrogen and oxygen atoms in total. The first kappa shape index (κ1) is 19.1. The Labute approximate surface area is 180 Å². The number of amides is 2.